The number of esters is 1. The lowest BCUT2D eigenvalue weighted by molar-refractivity contribution is -0.139. The standard InChI is InChI=1S/C21H28O3/c1-4-7-12-24-21(23)20(6-3)19(5-2)17-9-8-16-14-18(22)11-10-15(16)13-17/h10-11,13-14,22H,4-9,12H2,1-3H3/b20-19+. The van der Waals surface area contributed by atoms with Gasteiger partial charge in [-0.25, -0.2) is 4.79 Å². The monoisotopic (exact) mass is 328 g/mol. The molecule has 2 rings (SSSR count). The normalized spacial score (nSPS) is 14.5. The van der Waals surface area contributed by atoms with E-state index in [9.17, 15) is 9.90 Å². The lowest BCUT2D eigenvalue weighted by Crippen LogP contribution is -2.13. The molecule has 0 spiro atoms. The van der Waals surface area contributed by atoms with Gasteiger partial charge in [0.05, 0.1) is 6.61 Å². The predicted molar refractivity (Wildman–Crippen MR) is 97.9 cm³/mol. The Kier molecular flexibility index (Phi) is 6.65. The third-order valence-electron chi connectivity index (χ3n) is 4.56. The Morgan fingerprint density at radius 3 is 2.62 bits per heavy atom. The number of ether oxygens (including phenoxy) is 1. The van der Waals surface area contributed by atoms with E-state index in [2.05, 4.69) is 19.9 Å². The maximum atomic E-state index is 12.4. The Balaban J connectivity index is 2.31. The van der Waals surface area contributed by atoms with Crippen molar-refractivity contribution in [1.29, 1.82) is 0 Å². The Morgan fingerprint density at radius 1 is 1.17 bits per heavy atom. The molecule has 1 aliphatic carbocycles. The summed E-state index contributed by atoms with van der Waals surface area (Å²) < 4.78 is 5.44. The van der Waals surface area contributed by atoms with Crippen LogP contribution in [0.15, 0.2) is 34.9 Å². The van der Waals surface area contributed by atoms with Crippen LogP contribution < -0.4 is 0 Å². The minimum Gasteiger partial charge on any atom is -0.508 e. The van der Waals surface area contributed by atoms with E-state index in [1.54, 1.807) is 6.07 Å². The lowest BCUT2D eigenvalue weighted by atomic mass is 9.85. The van der Waals surface area contributed by atoms with Crippen molar-refractivity contribution < 1.29 is 14.6 Å². The van der Waals surface area contributed by atoms with Crippen molar-refractivity contribution in [3.63, 3.8) is 0 Å². The minimum absolute atomic E-state index is 0.166. The molecular formula is C21H28O3. The van der Waals surface area contributed by atoms with Crippen molar-refractivity contribution in [2.75, 3.05) is 6.61 Å². The number of hydrogen-bond acceptors (Lipinski definition) is 3. The summed E-state index contributed by atoms with van der Waals surface area (Å²) in [6.45, 7) is 6.69. The second-order valence-corrected chi connectivity index (χ2v) is 6.21. The number of allylic oxidation sites excluding steroid dienone is 2. The molecule has 0 aromatic heterocycles. The van der Waals surface area contributed by atoms with Crippen LogP contribution in [0.4, 0.5) is 0 Å². The topological polar surface area (TPSA) is 46.5 Å². The molecule has 0 atom stereocenters. The van der Waals surface area contributed by atoms with E-state index in [1.807, 2.05) is 19.1 Å². The van der Waals surface area contributed by atoms with Gasteiger partial charge in [0.15, 0.2) is 0 Å². The quantitative estimate of drug-likeness (QED) is 0.426. The van der Waals surface area contributed by atoms with E-state index in [0.29, 0.717) is 18.8 Å². The van der Waals surface area contributed by atoms with E-state index in [0.717, 1.165) is 54.4 Å². The van der Waals surface area contributed by atoms with Crippen molar-refractivity contribution in [1.82, 2.24) is 0 Å². The van der Waals surface area contributed by atoms with Crippen molar-refractivity contribution in [3.8, 4) is 5.75 Å². The molecule has 3 nitrogen and oxygen atoms in total. The van der Waals surface area contributed by atoms with Crippen LogP contribution in [-0.2, 0) is 16.0 Å². The van der Waals surface area contributed by atoms with E-state index >= 15 is 0 Å². The van der Waals surface area contributed by atoms with E-state index < -0.39 is 0 Å². The van der Waals surface area contributed by atoms with Gasteiger partial charge in [0, 0.05) is 5.57 Å². The summed E-state index contributed by atoms with van der Waals surface area (Å²) in [5.74, 6) is 0.144. The molecule has 0 saturated heterocycles. The van der Waals surface area contributed by atoms with Gasteiger partial charge in [-0.05, 0) is 66.5 Å². The van der Waals surface area contributed by atoms with Crippen LogP contribution in [0.3, 0.4) is 0 Å². The van der Waals surface area contributed by atoms with Crippen LogP contribution >= 0.6 is 0 Å². The van der Waals surface area contributed by atoms with Crippen molar-refractivity contribution in [2.45, 2.75) is 59.3 Å². The molecule has 1 aromatic carbocycles. The highest BCUT2D eigenvalue weighted by atomic mass is 16.5. The second kappa shape index (κ2) is 8.72. The zero-order valence-electron chi connectivity index (χ0n) is 15.0. The fourth-order valence-electron chi connectivity index (χ4n) is 3.23. The highest BCUT2D eigenvalue weighted by Gasteiger charge is 2.20. The fourth-order valence-corrected chi connectivity index (χ4v) is 3.23. The summed E-state index contributed by atoms with van der Waals surface area (Å²) >= 11 is 0. The number of carbonyl (C=O) groups is 1. The summed E-state index contributed by atoms with van der Waals surface area (Å²) in [4.78, 5) is 12.4. The molecule has 0 bridgehead atoms. The van der Waals surface area contributed by atoms with Gasteiger partial charge in [0.1, 0.15) is 5.75 Å². The summed E-state index contributed by atoms with van der Waals surface area (Å²) in [6.07, 6.45) is 7.38. The third-order valence-corrected chi connectivity index (χ3v) is 4.56. The molecule has 0 unspecified atom stereocenters. The third kappa shape index (κ3) is 4.28. The van der Waals surface area contributed by atoms with Gasteiger partial charge in [0.2, 0.25) is 0 Å². The minimum atomic E-state index is -0.166. The average Bonchev–Trinajstić information content (AvgIpc) is 2.59. The van der Waals surface area contributed by atoms with Crippen LogP contribution in [0.1, 0.15) is 64.0 Å². The fraction of sp³-hybridized carbons (Fsp3) is 0.476. The molecular weight excluding hydrogens is 300 g/mol. The Labute approximate surface area is 145 Å². The van der Waals surface area contributed by atoms with Crippen molar-refractivity contribution in [2.24, 2.45) is 0 Å². The molecule has 3 heteroatoms. The van der Waals surface area contributed by atoms with Crippen LogP contribution in [0.5, 0.6) is 5.75 Å². The van der Waals surface area contributed by atoms with Crippen molar-refractivity contribution in [3.05, 3.63) is 46.0 Å². The first-order valence-corrected chi connectivity index (χ1v) is 9.02. The number of unbranched alkanes of at least 4 members (excludes halogenated alkanes) is 1. The maximum absolute atomic E-state index is 12.4. The number of phenols is 1. The van der Waals surface area contributed by atoms with Crippen LogP contribution in [0, 0.1) is 0 Å². The predicted octanol–water partition coefficient (Wildman–Crippen LogP) is 5.18. The smallest absolute Gasteiger partial charge is 0.334 e. The number of aryl methyl sites for hydroxylation is 1. The molecule has 0 aliphatic heterocycles. The van der Waals surface area contributed by atoms with Gasteiger partial charge in [-0.2, -0.15) is 0 Å². The first-order chi connectivity index (χ1) is 11.6. The van der Waals surface area contributed by atoms with E-state index in [-0.39, 0.29) is 5.97 Å². The molecule has 0 saturated carbocycles. The number of aromatic hydroxyl groups is 1. The lowest BCUT2D eigenvalue weighted by Gasteiger charge is -2.21. The SMILES string of the molecule is CCCCOC(=O)/C(CC)=C(\CC)C1=Cc2ccc(O)cc2CC1. The molecule has 0 amide bonds. The molecule has 24 heavy (non-hydrogen) atoms. The van der Waals surface area contributed by atoms with Crippen molar-refractivity contribution >= 4 is 12.0 Å². The van der Waals surface area contributed by atoms with Gasteiger partial charge in [0.25, 0.3) is 0 Å². The van der Waals surface area contributed by atoms with Gasteiger partial charge in [-0.15, -0.1) is 0 Å². The zero-order valence-corrected chi connectivity index (χ0v) is 15.0. The number of carbonyl (C=O) groups excluding carboxylic acids is 1. The summed E-state index contributed by atoms with van der Waals surface area (Å²) in [5.41, 5.74) is 5.45. The van der Waals surface area contributed by atoms with Crippen LogP contribution in [0.25, 0.3) is 6.08 Å². The van der Waals surface area contributed by atoms with E-state index in [4.69, 9.17) is 4.74 Å². The zero-order chi connectivity index (χ0) is 17.5. The summed E-state index contributed by atoms with van der Waals surface area (Å²) in [5, 5.41) is 9.62. The van der Waals surface area contributed by atoms with Crippen LogP contribution in [0.2, 0.25) is 0 Å². The average molecular weight is 328 g/mol. The van der Waals surface area contributed by atoms with Gasteiger partial charge < -0.3 is 9.84 Å². The number of benzene rings is 1. The Hall–Kier alpha value is -2.03. The molecule has 1 aromatic rings. The Morgan fingerprint density at radius 2 is 1.96 bits per heavy atom. The summed E-state index contributed by atoms with van der Waals surface area (Å²) in [6, 6.07) is 5.49. The number of hydrogen-bond donors (Lipinski definition) is 1. The van der Waals surface area contributed by atoms with Crippen LogP contribution in [-0.4, -0.2) is 17.7 Å². The van der Waals surface area contributed by atoms with Gasteiger partial charge in [-0.1, -0.05) is 39.3 Å². The maximum Gasteiger partial charge on any atom is 0.334 e. The summed E-state index contributed by atoms with van der Waals surface area (Å²) in [7, 11) is 0. The van der Waals surface area contributed by atoms with Gasteiger partial charge in [-0.3, -0.25) is 0 Å². The highest BCUT2D eigenvalue weighted by Crippen LogP contribution is 2.33. The molecule has 130 valence electrons. The Bertz CT molecular complexity index is 653. The van der Waals surface area contributed by atoms with Gasteiger partial charge >= 0.3 is 5.97 Å². The second-order valence-electron chi connectivity index (χ2n) is 6.21. The molecule has 1 N–H and O–H groups in total. The number of fused-ring (bicyclic) bond motifs is 1. The molecule has 0 heterocycles. The number of phenolic OH excluding ortho intramolecular Hbond substituents is 1. The first kappa shape index (κ1) is 18.3. The largest absolute Gasteiger partial charge is 0.508 e. The first-order valence-electron chi connectivity index (χ1n) is 9.02. The molecule has 0 fully saturated rings. The highest BCUT2D eigenvalue weighted by molar-refractivity contribution is 5.90. The molecule has 0 radical (unpaired) electrons. The molecule has 1 aliphatic rings. The number of rotatable bonds is 7. The van der Waals surface area contributed by atoms with E-state index in [1.165, 1.54) is 5.57 Å².